The maximum Gasteiger partial charge on any atom is 0.373 e. The van der Waals surface area contributed by atoms with E-state index in [0.29, 0.717) is 17.6 Å². The van der Waals surface area contributed by atoms with Gasteiger partial charge >= 0.3 is 5.30 Å². The van der Waals surface area contributed by atoms with Crippen molar-refractivity contribution in [1.29, 1.82) is 0 Å². The summed E-state index contributed by atoms with van der Waals surface area (Å²) in [6, 6.07) is 9.40. The van der Waals surface area contributed by atoms with Crippen molar-refractivity contribution in [2.24, 2.45) is 22.7 Å². The number of thioether (sulfide) groups is 1. The second-order valence-electron chi connectivity index (χ2n) is 18.3. The summed E-state index contributed by atoms with van der Waals surface area (Å²) < 4.78 is 20.3. The Morgan fingerprint density at radius 1 is 0.915 bits per heavy atom. The van der Waals surface area contributed by atoms with Crippen LogP contribution in [0.15, 0.2) is 65.3 Å². The Hall–Kier alpha value is -1.39. The third kappa shape index (κ3) is 6.87. The first-order valence-electron chi connectivity index (χ1n) is 18.0. The minimum absolute atomic E-state index is 0.0436. The number of benzene rings is 1. The largest absolute Gasteiger partial charge is 0.418 e. The SMILES string of the molecule is C[C@@H](SC(=O)Oc1ccccc1)C1=CCC2C3=CC=C4C[C@@H](O[Si](C)(C)C(C)(C)C)C[C@H](O[Si](C)(C)C(C)(C)C)[C@]4(C)C3CC[C@]12C. The van der Waals surface area contributed by atoms with E-state index < -0.39 is 16.6 Å². The lowest BCUT2D eigenvalue weighted by Crippen LogP contribution is -2.58. The van der Waals surface area contributed by atoms with Gasteiger partial charge in [0.15, 0.2) is 16.6 Å². The Balaban J connectivity index is 1.42. The predicted molar refractivity (Wildman–Crippen MR) is 204 cm³/mol. The van der Waals surface area contributed by atoms with Crippen LogP contribution in [0.25, 0.3) is 0 Å². The predicted octanol–water partition coefficient (Wildman–Crippen LogP) is 12.1. The average molecular weight is 695 g/mol. The van der Waals surface area contributed by atoms with Gasteiger partial charge in [-0.1, -0.05) is 109 Å². The topological polar surface area (TPSA) is 44.8 Å². The van der Waals surface area contributed by atoms with Crippen molar-refractivity contribution >= 4 is 33.7 Å². The quantitative estimate of drug-likeness (QED) is 0.161. The molecule has 0 radical (unpaired) electrons. The minimum atomic E-state index is -2.06. The highest BCUT2D eigenvalue weighted by atomic mass is 32.2. The second-order valence-corrected chi connectivity index (χ2v) is 29.1. The Labute approximate surface area is 292 Å². The number of fused-ring (bicyclic) bond motifs is 5. The molecular weight excluding hydrogens is 633 g/mol. The van der Waals surface area contributed by atoms with Crippen molar-refractivity contribution in [2.75, 3.05) is 0 Å². The van der Waals surface area contributed by atoms with Crippen molar-refractivity contribution in [1.82, 2.24) is 0 Å². The van der Waals surface area contributed by atoms with Gasteiger partial charge in [0.2, 0.25) is 0 Å². The van der Waals surface area contributed by atoms with E-state index in [1.165, 1.54) is 22.9 Å². The molecule has 0 amide bonds. The van der Waals surface area contributed by atoms with E-state index in [4.69, 9.17) is 13.6 Å². The first kappa shape index (κ1) is 36.9. The summed E-state index contributed by atoms with van der Waals surface area (Å²) in [6.45, 7) is 31.0. The van der Waals surface area contributed by atoms with Crippen LogP contribution in [0.4, 0.5) is 4.79 Å². The van der Waals surface area contributed by atoms with Crippen molar-refractivity contribution in [2.45, 2.75) is 148 Å². The molecular formula is C40H62O4SSi2. The lowest BCUT2D eigenvalue weighted by Gasteiger charge is -2.59. The van der Waals surface area contributed by atoms with Gasteiger partial charge in [-0.3, -0.25) is 0 Å². The standard InChI is InChI=1S/C40H62O4SSi2/c1-27(45-36(41)42-29-17-15-14-16-18-29)32-21-22-33-31-20-19-28-25-30(43-46(10,11)37(2,3)4)26-35(44-47(12,13)38(5,6)7)40(28,9)34(31)23-24-39(32,33)8/h14-21,27,30,33-35H,22-26H2,1-13H3/t27-,30-,33?,34?,35+,39-,40+/m1/s1. The molecule has 47 heavy (non-hydrogen) atoms. The lowest BCUT2D eigenvalue weighted by molar-refractivity contribution is -0.0386. The molecule has 0 N–H and O–H groups in total. The van der Waals surface area contributed by atoms with Crippen LogP contribution in [0.2, 0.25) is 36.3 Å². The summed E-state index contributed by atoms with van der Waals surface area (Å²) in [4.78, 5) is 12.9. The van der Waals surface area contributed by atoms with Gasteiger partial charge in [-0.15, -0.1) is 0 Å². The monoisotopic (exact) mass is 694 g/mol. The van der Waals surface area contributed by atoms with E-state index in [-0.39, 0.29) is 43.7 Å². The Bertz CT molecular complexity index is 1430. The molecule has 1 aromatic rings. The van der Waals surface area contributed by atoms with Crippen molar-refractivity contribution in [3.05, 3.63) is 65.3 Å². The Kier molecular flexibility index (Phi) is 10.00. The van der Waals surface area contributed by atoms with Crippen LogP contribution < -0.4 is 4.74 Å². The highest BCUT2D eigenvalue weighted by molar-refractivity contribution is 8.14. The van der Waals surface area contributed by atoms with Gasteiger partial charge in [0.1, 0.15) is 5.75 Å². The summed E-state index contributed by atoms with van der Waals surface area (Å²) >= 11 is 1.32. The first-order valence-corrected chi connectivity index (χ1v) is 24.7. The van der Waals surface area contributed by atoms with Crippen LogP contribution in [0.3, 0.4) is 0 Å². The molecule has 2 saturated carbocycles. The number of para-hydroxylation sites is 1. The van der Waals surface area contributed by atoms with Crippen LogP contribution in [0.1, 0.15) is 94.4 Å². The van der Waals surface area contributed by atoms with E-state index >= 15 is 0 Å². The summed E-state index contributed by atoms with van der Waals surface area (Å²) in [5.74, 6) is 1.51. The zero-order valence-electron chi connectivity index (χ0n) is 31.6. The summed E-state index contributed by atoms with van der Waals surface area (Å²) in [5, 5.41) is 0.149. The molecule has 0 spiro atoms. The van der Waals surface area contributed by atoms with Gasteiger partial charge in [0.05, 0.1) is 12.2 Å². The van der Waals surface area contributed by atoms with Gasteiger partial charge in [0.25, 0.3) is 0 Å². The molecule has 7 heteroatoms. The number of hydrogen-bond donors (Lipinski definition) is 0. The third-order valence-corrected chi connectivity index (χ3v) is 23.3. The molecule has 2 unspecified atom stereocenters. The molecule has 4 aliphatic carbocycles. The molecule has 0 heterocycles. The highest BCUT2D eigenvalue weighted by Gasteiger charge is 2.59. The molecule has 260 valence electrons. The molecule has 7 atom stereocenters. The molecule has 1 aromatic carbocycles. The van der Waals surface area contributed by atoms with E-state index in [2.05, 4.69) is 107 Å². The molecule has 5 rings (SSSR count). The van der Waals surface area contributed by atoms with E-state index in [1.807, 2.05) is 30.3 Å². The van der Waals surface area contributed by atoms with E-state index in [0.717, 1.165) is 32.1 Å². The maximum atomic E-state index is 12.9. The third-order valence-electron chi connectivity index (χ3n) is 13.4. The Morgan fingerprint density at radius 2 is 1.53 bits per heavy atom. The number of allylic oxidation sites excluding steroid dienone is 4. The van der Waals surface area contributed by atoms with Gasteiger partial charge in [-0.25, -0.2) is 4.79 Å². The van der Waals surface area contributed by atoms with Gasteiger partial charge in [-0.2, -0.15) is 0 Å². The lowest BCUT2D eigenvalue weighted by atomic mass is 9.49. The number of carbonyl (C=O) groups is 1. The fourth-order valence-corrected chi connectivity index (χ4v) is 12.2. The van der Waals surface area contributed by atoms with Crippen molar-refractivity contribution < 1.29 is 18.4 Å². The second kappa shape index (κ2) is 12.7. The summed E-state index contributed by atoms with van der Waals surface area (Å²) in [6.07, 6.45) is 13.0. The number of ether oxygens (including phenoxy) is 1. The van der Waals surface area contributed by atoms with Gasteiger partial charge < -0.3 is 13.6 Å². The fourth-order valence-electron chi connectivity index (χ4n) is 8.46. The van der Waals surface area contributed by atoms with Gasteiger partial charge in [0, 0.05) is 10.7 Å². The van der Waals surface area contributed by atoms with Crippen molar-refractivity contribution in [3.63, 3.8) is 0 Å². The average Bonchev–Trinajstić information content (AvgIpc) is 3.30. The molecule has 0 aliphatic heterocycles. The molecule has 0 aromatic heterocycles. The molecule has 4 nitrogen and oxygen atoms in total. The minimum Gasteiger partial charge on any atom is -0.418 e. The van der Waals surface area contributed by atoms with Crippen LogP contribution in [-0.4, -0.2) is 39.4 Å². The highest BCUT2D eigenvalue weighted by Crippen LogP contribution is 2.65. The van der Waals surface area contributed by atoms with Crippen LogP contribution in [-0.2, 0) is 8.85 Å². The van der Waals surface area contributed by atoms with Crippen LogP contribution in [0, 0.1) is 22.7 Å². The van der Waals surface area contributed by atoms with Crippen LogP contribution >= 0.6 is 11.8 Å². The Morgan fingerprint density at radius 3 is 2.15 bits per heavy atom. The summed E-state index contributed by atoms with van der Waals surface area (Å²) in [5.41, 5.74) is 4.55. The van der Waals surface area contributed by atoms with E-state index in [9.17, 15) is 4.79 Å². The van der Waals surface area contributed by atoms with E-state index in [1.54, 1.807) is 5.57 Å². The van der Waals surface area contributed by atoms with Crippen LogP contribution in [0.5, 0.6) is 5.75 Å². The first-order chi connectivity index (χ1) is 21.6. The normalized spacial score (nSPS) is 31.9. The fraction of sp³-hybridized carbons (Fsp3) is 0.675. The number of rotatable bonds is 7. The molecule has 0 bridgehead atoms. The smallest absolute Gasteiger partial charge is 0.373 e. The zero-order valence-corrected chi connectivity index (χ0v) is 34.4. The molecule has 2 fully saturated rings. The number of hydrogen-bond acceptors (Lipinski definition) is 5. The zero-order chi connectivity index (χ0) is 34.8. The number of carbonyl (C=O) groups excluding carboxylic acids is 1. The molecule has 0 saturated heterocycles. The van der Waals surface area contributed by atoms with Crippen molar-refractivity contribution in [3.8, 4) is 5.75 Å². The molecule has 4 aliphatic rings. The summed E-state index contributed by atoms with van der Waals surface area (Å²) in [7, 11) is -4.00. The van der Waals surface area contributed by atoms with Gasteiger partial charge in [-0.05, 0) is 116 Å². The maximum absolute atomic E-state index is 12.9.